The van der Waals surface area contributed by atoms with E-state index in [9.17, 15) is 0 Å². The van der Waals surface area contributed by atoms with Gasteiger partial charge in [-0.25, -0.2) is 0 Å². The van der Waals surface area contributed by atoms with E-state index >= 15 is 0 Å². The van der Waals surface area contributed by atoms with Crippen LogP contribution in [-0.4, -0.2) is 30.6 Å². The van der Waals surface area contributed by atoms with E-state index in [1.54, 1.807) is 11.8 Å². The van der Waals surface area contributed by atoms with Crippen LogP contribution in [0.5, 0.6) is 0 Å². The molecule has 0 N–H and O–H groups in total. The molecule has 3 heteroatoms. The summed E-state index contributed by atoms with van der Waals surface area (Å²) in [5, 5.41) is 1.26. The first-order valence-electron chi connectivity index (χ1n) is 5.57. The maximum absolute atomic E-state index is 5.59. The van der Waals surface area contributed by atoms with Crippen LogP contribution >= 0.6 is 11.8 Å². The van der Waals surface area contributed by atoms with Gasteiger partial charge in [-0.1, -0.05) is 0 Å². The zero-order valence-corrected chi connectivity index (χ0v) is 10.5. The zero-order valence-electron chi connectivity index (χ0n) is 9.66. The molecular weight excluding hydrogens is 199 g/mol. The van der Waals surface area contributed by atoms with Gasteiger partial charge in [-0.15, -0.1) is 0 Å². The topological polar surface area (TPSA) is 9.23 Å². The predicted molar refractivity (Wildman–Crippen MR) is 67.7 cm³/mol. The molecule has 0 unspecified atom stereocenters. The minimum atomic E-state index is 0.748. The van der Waals surface area contributed by atoms with Crippen LogP contribution in [0.15, 0.2) is 29.2 Å². The van der Waals surface area contributed by atoms with Crippen LogP contribution in [0.4, 0.5) is 0 Å². The molecule has 0 heterocycles. The normalized spacial score (nSPS) is 10.6. The Morgan fingerprint density at radius 1 is 1.20 bits per heavy atom. The number of hydrogen-bond acceptors (Lipinski definition) is 2. The summed E-state index contributed by atoms with van der Waals surface area (Å²) in [5.74, 6) is 0. The summed E-state index contributed by atoms with van der Waals surface area (Å²) in [6.07, 6.45) is 4.54. The van der Waals surface area contributed by atoms with E-state index < -0.39 is 0 Å². The van der Waals surface area contributed by atoms with Crippen molar-refractivity contribution >= 4 is 29.5 Å². The Balaban J connectivity index is 2.20. The third kappa shape index (κ3) is 5.68. The Morgan fingerprint density at radius 3 is 2.53 bits per heavy atom. The number of rotatable bonds is 7. The van der Waals surface area contributed by atoms with Crippen molar-refractivity contribution in [3.05, 3.63) is 29.8 Å². The van der Waals surface area contributed by atoms with Crippen LogP contribution in [0.3, 0.4) is 0 Å². The third-order valence-corrected chi connectivity index (χ3v) is 3.06. The van der Waals surface area contributed by atoms with E-state index in [0.29, 0.717) is 0 Å². The van der Waals surface area contributed by atoms with E-state index in [1.165, 1.54) is 28.4 Å². The van der Waals surface area contributed by atoms with Crippen molar-refractivity contribution in [2.75, 3.05) is 12.9 Å². The molecule has 0 aliphatic carbocycles. The summed E-state index contributed by atoms with van der Waals surface area (Å²) in [5.41, 5.74) is 1.27. The second-order valence-electron chi connectivity index (χ2n) is 3.61. The molecule has 0 saturated heterocycles. The van der Waals surface area contributed by atoms with Crippen molar-refractivity contribution in [2.45, 2.75) is 29.4 Å². The van der Waals surface area contributed by atoms with Gasteiger partial charge in [0.05, 0.1) is 0 Å². The average Bonchev–Trinajstić information content (AvgIpc) is 2.30. The quantitative estimate of drug-likeness (QED) is 0.393. The molecule has 0 fully saturated rings. The molecular formula is C12H17LiOS. The minimum absolute atomic E-state index is 0.748. The maximum atomic E-state index is 5.59. The number of ether oxygens (including phenoxy) is 1. The third-order valence-electron chi connectivity index (χ3n) is 2.32. The molecule has 78 valence electrons. The number of unbranched alkanes of at least 4 members (excludes halogenated alkanes) is 1. The number of benzene rings is 1. The fraction of sp³-hybridized carbons (Fsp3) is 0.500. The molecule has 1 aromatic rings. The molecule has 0 aromatic heterocycles. The molecule has 1 nitrogen and oxygen atoms in total. The van der Waals surface area contributed by atoms with Gasteiger partial charge < -0.3 is 0 Å². The summed E-state index contributed by atoms with van der Waals surface area (Å²) in [4.78, 5) is 1.31. The van der Waals surface area contributed by atoms with Gasteiger partial charge in [0.1, 0.15) is 0 Å². The first-order chi connectivity index (χ1) is 7.36. The van der Waals surface area contributed by atoms with Gasteiger partial charge in [0.15, 0.2) is 0 Å². The van der Waals surface area contributed by atoms with Crippen molar-refractivity contribution in [1.29, 1.82) is 0 Å². The summed E-state index contributed by atoms with van der Waals surface area (Å²) >= 11 is 3.98. The van der Waals surface area contributed by atoms with Crippen LogP contribution < -0.4 is 0 Å². The van der Waals surface area contributed by atoms with Crippen molar-refractivity contribution in [2.24, 2.45) is 0 Å². The molecule has 1 aromatic carbocycles. The molecule has 0 radical (unpaired) electrons. The summed E-state index contributed by atoms with van der Waals surface area (Å²) in [6.45, 7) is 1.64. The van der Waals surface area contributed by atoms with Gasteiger partial charge in [-0.2, -0.15) is 0 Å². The molecule has 0 saturated carbocycles. The summed E-state index contributed by atoms with van der Waals surface area (Å²) in [7, 11) is 0. The van der Waals surface area contributed by atoms with Crippen LogP contribution in [0.2, 0.25) is 5.09 Å². The summed E-state index contributed by atoms with van der Waals surface area (Å²) < 4.78 is 5.59. The Kier molecular flexibility index (Phi) is 7.30. The first-order valence-corrected chi connectivity index (χ1v) is 6.80. The Hall–Kier alpha value is 0.127. The van der Waals surface area contributed by atoms with Crippen molar-refractivity contribution in [1.82, 2.24) is 0 Å². The van der Waals surface area contributed by atoms with E-state index in [2.05, 4.69) is 48.2 Å². The molecule has 0 aliphatic rings. The average molecular weight is 216 g/mol. The van der Waals surface area contributed by atoms with Crippen molar-refractivity contribution in [3.63, 3.8) is 0 Å². The van der Waals surface area contributed by atoms with E-state index in [4.69, 9.17) is 4.74 Å². The Bertz CT molecular complexity index is 261. The van der Waals surface area contributed by atoms with E-state index in [-0.39, 0.29) is 0 Å². The number of thioether (sulfide) groups is 1. The van der Waals surface area contributed by atoms with Crippen LogP contribution in [0, 0.1) is 0 Å². The van der Waals surface area contributed by atoms with E-state index in [0.717, 1.165) is 13.2 Å². The van der Waals surface area contributed by atoms with Gasteiger partial charge >= 0.3 is 106 Å². The van der Waals surface area contributed by atoms with Gasteiger partial charge in [-0.05, 0) is 0 Å². The molecule has 0 atom stereocenters. The van der Waals surface area contributed by atoms with Gasteiger partial charge in [0, 0.05) is 0 Å². The van der Waals surface area contributed by atoms with Gasteiger partial charge in [0.25, 0.3) is 0 Å². The second-order valence-corrected chi connectivity index (χ2v) is 4.49. The van der Waals surface area contributed by atoms with Gasteiger partial charge in [0.2, 0.25) is 0 Å². The van der Waals surface area contributed by atoms with Crippen LogP contribution in [0.25, 0.3) is 0 Å². The molecule has 1 rings (SSSR count). The predicted octanol–water partition coefficient (Wildman–Crippen LogP) is 3.29. The SMILES string of the molecule is [Li][CH2]CCCOCc1ccc(SC)cc1. The van der Waals surface area contributed by atoms with E-state index in [1.807, 2.05) is 0 Å². The second kappa shape index (κ2) is 8.30. The molecule has 0 spiro atoms. The standard InChI is InChI=1S/C12H17OS.Li/c1-3-4-9-13-10-11-5-7-12(14-2)8-6-11;/h5-8H,1,3-4,9-10H2,2H3;. The zero-order chi connectivity index (χ0) is 10.9. The fourth-order valence-electron chi connectivity index (χ4n) is 1.37. The molecule has 0 aliphatic heterocycles. The van der Waals surface area contributed by atoms with Crippen molar-refractivity contribution < 1.29 is 4.74 Å². The van der Waals surface area contributed by atoms with Crippen LogP contribution in [-0.2, 0) is 11.3 Å². The molecule has 15 heavy (non-hydrogen) atoms. The monoisotopic (exact) mass is 216 g/mol. The Morgan fingerprint density at radius 2 is 1.93 bits per heavy atom. The molecule has 0 bridgehead atoms. The fourth-order valence-corrected chi connectivity index (χ4v) is 1.77. The van der Waals surface area contributed by atoms with Crippen LogP contribution in [0.1, 0.15) is 18.4 Å². The number of hydrogen-bond donors (Lipinski definition) is 0. The first kappa shape index (κ1) is 13.2. The van der Waals surface area contributed by atoms with Gasteiger partial charge in [-0.3, -0.25) is 0 Å². The molecule has 0 amide bonds. The Labute approximate surface area is 106 Å². The summed E-state index contributed by atoms with van der Waals surface area (Å²) in [6, 6.07) is 8.59. The van der Waals surface area contributed by atoms with Crippen molar-refractivity contribution in [3.8, 4) is 0 Å².